The van der Waals surface area contributed by atoms with Gasteiger partial charge >= 0.3 is 5.69 Å². The van der Waals surface area contributed by atoms with Crippen LogP contribution in [0.25, 0.3) is 5.69 Å². The van der Waals surface area contributed by atoms with Gasteiger partial charge in [0.05, 0.1) is 21.9 Å². The first-order chi connectivity index (χ1) is 16.3. The molecule has 0 saturated heterocycles. The summed E-state index contributed by atoms with van der Waals surface area (Å²) in [7, 11) is 0. The SMILES string of the molecule is Cc1nn(-c2ccc(Cl)c(C(=O)NCC3(O)CCCCCC3)c2)c(=O)n1CC(=O)NCC1CC1. The highest BCUT2D eigenvalue weighted by Crippen LogP contribution is 2.28. The summed E-state index contributed by atoms with van der Waals surface area (Å²) in [4.78, 5) is 38.1. The fourth-order valence-electron chi connectivity index (χ4n) is 4.35. The zero-order valence-electron chi connectivity index (χ0n) is 19.5. The molecule has 0 unspecified atom stereocenters. The third-order valence-corrected chi connectivity index (χ3v) is 7.01. The Morgan fingerprint density at radius 3 is 2.56 bits per heavy atom. The molecule has 0 spiro atoms. The molecule has 0 radical (unpaired) electrons. The average Bonchev–Trinajstić information content (AvgIpc) is 3.63. The number of amides is 2. The van der Waals surface area contributed by atoms with Crippen molar-refractivity contribution < 1.29 is 14.7 Å². The van der Waals surface area contributed by atoms with E-state index < -0.39 is 17.2 Å². The Morgan fingerprint density at radius 1 is 1.18 bits per heavy atom. The van der Waals surface area contributed by atoms with E-state index in [0.29, 0.717) is 36.8 Å². The van der Waals surface area contributed by atoms with Crippen molar-refractivity contribution in [3.63, 3.8) is 0 Å². The van der Waals surface area contributed by atoms with Gasteiger partial charge in [0.1, 0.15) is 12.4 Å². The normalized spacial score (nSPS) is 17.7. The lowest BCUT2D eigenvalue weighted by Crippen LogP contribution is -2.42. The van der Waals surface area contributed by atoms with E-state index in [1.54, 1.807) is 13.0 Å². The van der Waals surface area contributed by atoms with E-state index in [9.17, 15) is 19.5 Å². The minimum atomic E-state index is -0.914. The predicted molar refractivity (Wildman–Crippen MR) is 128 cm³/mol. The van der Waals surface area contributed by atoms with Gasteiger partial charge in [-0.05, 0) is 56.7 Å². The van der Waals surface area contributed by atoms with Crippen molar-refractivity contribution in [3.8, 4) is 5.69 Å². The van der Waals surface area contributed by atoms with Crippen LogP contribution in [0.2, 0.25) is 5.02 Å². The van der Waals surface area contributed by atoms with Crippen molar-refractivity contribution in [2.45, 2.75) is 70.4 Å². The van der Waals surface area contributed by atoms with Gasteiger partial charge in [-0.2, -0.15) is 9.78 Å². The van der Waals surface area contributed by atoms with Gasteiger partial charge in [-0.1, -0.05) is 37.3 Å². The molecule has 3 N–H and O–H groups in total. The number of carbonyl (C=O) groups excluding carboxylic acids is 2. The summed E-state index contributed by atoms with van der Waals surface area (Å²) in [6, 6.07) is 4.64. The van der Waals surface area contributed by atoms with Crippen LogP contribution < -0.4 is 16.3 Å². The van der Waals surface area contributed by atoms with Crippen molar-refractivity contribution >= 4 is 23.4 Å². The fraction of sp³-hybridized carbons (Fsp3) is 0.583. The molecule has 10 heteroatoms. The second kappa shape index (κ2) is 10.3. The average molecular weight is 490 g/mol. The summed E-state index contributed by atoms with van der Waals surface area (Å²) in [5, 5.41) is 21.0. The van der Waals surface area contributed by atoms with Gasteiger partial charge < -0.3 is 15.7 Å². The number of hydrogen-bond acceptors (Lipinski definition) is 5. The molecular formula is C24H32ClN5O4. The second-order valence-electron chi connectivity index (χ2n) is 9.56. The lowest BCUT2D eigenvalue weighted by molar-refractivity contribution is -0.121. The number of aliphatic hydroxyl groups is 1. The van der Waals surface area contributed by atoms with E-state index >= 15 is 0 Å². The third-order valence-electron chi connectivity index (χ3n) is 6.69. The molecule has 1 aromatic carbocycles. The number of hydrogen-bond donors (Lipinski definition) is 3. The van der Waals surface area contributed by atoms with Crippen LogP contribution in [-0.4, -0.2) is 50.0 Å². The Balaban J connectivity index is 1.48. The van der Waals surface area contributed by atoms with Gasteiger partial charge in [-0.15, -0.1) is 0 Å². The zero-order valence-corrected chi connectivity index (χ0v) is 20.2. The topological polar surface area (TPSA) is 118 Å². The lowest BCUT2D eigenvalue weighted by atomic mass is 9.94. The molecular weight excluding hydrogens is 458 g/mol. The number of nitrogens with zero attached hydrogens (tertiary/aromatic N) is 3. The van der Waals surface area contributed by atoms with E-state index in [0.717, 1.165) is 43.2 Å². The lowest BCUT2D eigenvalue weighted by Gasteiger charge is -2.26. The number of aromatic nitrogens is 3. The smallest absolute Gasteiger partial charge is 0.351 e. The molecule has 0 aliphatic heterocycles. The van der Waals surface area contributed by atoms with Crippen LogP contribution >= 0.6 is 11.6 Å². The maximum atomic E-state index is 13.0. The van der Waals surface area contributed by atoms with Gasteiger partial charge in [0.25, 0.3) is 5.91 Å². The van der Waals surface area contributed by atoms with Gasteiger partial charge in [0, 0.05) is 13.1 Å². The third kappa shape index (κ3) is 5.88. The molecule has 2 saturated carbocycles. The van der Waals surface area contributed by atoms with Crippen LogP contribution in [0.5, 0.6) is 0 Å². The molecule has 2 fully saturated rings. The standard InChI is InChI=1S/C24H32ClN5O4/c1-16-28-30(23(33)29(16)14-21(31)26-13-17-6-7-17)18-8-9-20(25)19(12-18)22(32)27-15-24(34)10-4-2-3-5-11-24/h8-9,12,17,34H,2-7,10-11,13-15H2,1H3,(H,26,31)(H,27,32). The molecule has 2 aliphatic carbocycles. The minimum absolute atomic E-state index is 0.114. The van der Waals surface area contributed by atoms with E-state index in [-0.39, 0.29) is 29.6 Å². The highest BCUT2D eigenvalue weighted by atomic mass is 35.5. The molecule has 34 heavy (non-hydrogen) atoms. The molecule has 1 heterocycles. The Labute approximate surface area is 203 Å². The highest BCUT2D eigenvalue weighted by Gasteiger charge is 2.29. The van der Waals surface area contributed by atoms with Crippen molar-refractivity contribution in [1.29, 1.82) is 0 Å². The van der Waals surface area contributed by atoms with E-state index in [1.165, 1.54) is 16.7 Å². The maximum Gasteiger partial charge on any atom is 0.351 e. The van der Waals surface area contributed by atoms with Crippen LogP contribution in [0.1, 0.15) is 67.5 Å². The van der Waals surface area contributed by atoms with E-state index in [1.807, 2.05) is 0 Å². The van der Waals surface area contributed by atoms with Crippen LogP contribution in [0.4, 0.5) is 0 Å². The summed E-state index contributed by atoms with van der Waals surface area (Å²) < 4.78 is 2.47. The van der Waals surface area contributed by atoms with E-state index in [4.69, 9.17) is 11.6 Å². The van der Waals surface area contributed by atoms with Crippen molar-refractivity contribution in [2.75, 3.05) is 13.1 Å². The minimum Gasteiger partial charge on any atom is -0.388 e. The zero-order chi connectivity index (χ0) is 24.3. The molecule has 0 atom stereocenters. The summed E-state index contributed by atoms with van der Waals surface area (Å²) in [6.45, 7) is 2.32. The number of benzene rings is 1. The number of nitrogens with one attached hydrogen (secondary N) is 2. The fourth-order valence-corrected chi connectivity index (χ4v) is 4.55. The molecule has 9 nitrogen and oxygen atoms in total. The van der Waals surface area contributed by atoms with E-state index in [2.05, 4.69) is 15.7 Å². The summed E-state index contributed by atoms with van der Waals surface area (Å²) in [6.07, 6.45) is 7.62. The Bertz CT molecular complexity index is 1110. The summed E-state index contributed by atoms with van der Waals surface area (Å²) in [5.41, 5.74) is -0.825. The maximum absolute atomic E-state index is 13.0. The predicted octanol–water partition coefficient (Wildman–Crippen LogP) is 2.34. The van der Waals surface area contributed by atoms with Crippen LogP contribution in [-0.2, 0) is 11.3 Å². The molecule has 0 bridgehead atoms. The first-order valence-corrected chi connectivity index (χ1v) is 12.4. The number of carbonyl (C=O) groups is 2. The van der Waals surface area contributed by atoms with Crippen molar-refractivity contribution in [1.82, 2.24) is 25.0 Å². The molecule has 2 amide bonds. The van der Waals surface area contributed by atoms with Gasteiger partial charge in [-0.3, -0.25) is 14.2 Å². The molecule has 4 rings (SSSR count). The summed E-state index contributed by atoms with van der Waals surface area (Å²) >= 11 is 6.28. The first kappa shape index (κ1) is 24.5. The van der Waals surface area contributed by atoms with Crippen molar-refractivity contribution in [2.24, 2.45) is 5.92 Å². The van der Waals surface area contributed by atoms with Crippen LogP contribution in [0, 0.1) is 12.8 Å². The molecule has 1 aromatic heterocycles. The largest absolute Gasteiger partial charge is 0.388 e. The van der Waals surface area contributed by atoms with Crippen LogP contribution in [0.15, 0.2) is 23.0 Å². The first-order valence-electron chi connectivity index (χ1n) is 12.0. The number of halogens is 1. The van der Waals surface area contributed by atoms with Crippen LogP contribution in [0.3, 0.4) is 0 Å². The molecule has 2 aliphatic rings. The Morgan fingerprint density at radius 2 is 1.88 bits per heavy atom. The van der Waals surface area contributed by atoms with Gasteiger partial charge in [0.2, 0.25) is 5.91 Å². The Kier molecular flexibility index (Phi) is 7.42. The summed E-state index contributed by atoms with van der Waals surface area (Å²) in [5.74, 6) is 0.284. The second-order valence-corrected chi connectivity index (χ2v) is 9.97. The molecule has 2 aromatic rings. The van der Waals surface area contributed by atoms with Crippen molar-refractivity contribution in [3.05, 3.63) is 45.1 Å². The number of rotatable bonds is 8. The van der Waals surface area contributed by atoms with Gasteiger partial charge in [-0.25, -0.2) is 4.79 Å². The quantitative estimate of drug-likeness (QED) is 0.492. The monoisotopic (exact) mass is 489 g/mol. The Hall–Kier alpha value is -2.65. The highest BCUT2D eigenvalue weighted by molar-refractivity contribution is 6.33. The number of aryl methyl sites for hydroxylation is 1. The molecule has 184 valence electrons. The van der Waals surface area contributed by atoms with Gasteiger partial charge in [0.15, 0.2) is 0 Å².